The van der Waals surface area contributed by atoms with Crippen LogP contribution in [-0.4, -0.2) is 9.55 Å². The van der Waals surface area contributed by atoms with Crippen LogP contribution in [0.4, 0.5) is 0 Å². The summed E-state index contributed by atoms with van der Waals surface area (Å²) in [5.41, 5.74) is 3.73. The second kappa shape index (κ2) is 4.00. The van der Waals surface area contributed by atoms with E-state index in [0.29, 0.717) is 0 Å². The summed E-state index contributed by atoms with van der Waals surface area (Å²) in [4.78, 5) is 4.51. The molecule has 0 atom stereocenters. The van der Waals surface area contributed by atoms with E-state index in [-0.39, 0.29) is 0 Å². The van der Waals surface area contributed by atoms with E-state index in [2.05, 4.69) is 52.3 Å². The van der Waals surface area contributed by atoms with E-state index < -0.39 is 0 Å². The van der Waals surface area contributed by atoms with E-state index in [1.165, 1.54) is 16.5 Å². The van der Waals surface area contributed by atoms with E-state index in [0.717, 1.165) is 17.2 Å². The fraction of sp³-hybridized carbons (Fsp3) is 0.214. The van der Waals surface area contributed by atoms with Gasteiger partial charge in [0.1, 0.15) is 0 Å². The van der Waals surface area contributed by atoms with Crippen LogP contribution in [0.3, 0.4) is 0 Å². The maximum absolute atomic E-state index is 4.51. The van der Waals surface area contributed by atoms with Gasteiger partial charge in [-0.05, 0) is 37.4 Å². The molecule has 17 heavy (non-hydrogen) atoms. The molecule has 0 fully saturated rings. The first kappa shape index (κ1) is 10.5. The third kappa shape index (κ3) is 1.98. The van der Waals surface area contributed by atoms with Gasteiger partial charge in [0.15, 0.2) is 0 Å². The van der Waals surface area contributed by atoms with Crippen LogP contribution in [0.15, 0.2) is 35.8 Å². The minimum Gasteiger partial charge on any atom is -0.341 e. The maximum Gasteiger partial charge on any atom is 0.0898 e. The lowest BCUT2D eigenvalue weighted by Crippen LogP contribution is -1.98. The maximum atomic E-state index is 4.51. The molecule has 0 bridgehead atoms. The Hall–Kier alpha value is -1.61. The predicted molar refractivity (Wildman–Crippen MR) is 72.6 cm³/mol. The zero-order valence-electron chi connectivity index (χ0n) is 9.97. The number of nitrogens with zero attached hydrogens (tertiary/aromatic N) is 2. The fourth-order valence-electron chi connectivity index (χ4n) is 2.11. The molecule has 2 nitrogen and oxygen atoms in total. The largest absolute Gasteiger partial charge is 0.341 e. The summed E-state index contributed by atoms with van der Waals surface area (Å²) in [7, 11) is 0. The number of thiazole rings is 1. The molecule has 0 aliphatic heterocycles. The highest BCUT2D eigenvalue weighted by Gasteiger charge is 2.04. The van der Waals surface area contributed by atoms with Crippen LogP contribution in [-0.2, 0) is 6.54 Å². The van der Waals surface area contributed by atoms with Crippen LogP contribution in [0.1, 0.15) is 16.3 Å². The summed E-state index contributed by atoms with van der Waals surface area (Å²) in [5.74, 6) is 0. The Labute approximate surface area is 105 Å². The second-order valence-electron chi connectivity index (χ2n) is 4.36. The summed E-state index contributed by atoms with van der Waals surface area (Å²) in [6.45, 7) is 5.03. The molecule has 1 aromatic carbocycles. The Morgan fingerprint density at radius 1 is 1.24 bits per heavy atom. The number of benzene rings is 1. The molecule has 0 saturated heterocycles. The lowest BCUT2D eigenvalue weighted by Gasteiger charge is -2.03. The van der Waals surface area contributed by atoms with Crippen LogP contribution in [0.5, 0.6) is 0 Å². The van der Waals surface area contributed by atoms with Crippen LogP contribution in [0.2, 0.25) is 0 Å². The highest BCUT2D eigenvalue weighted by atomic mass is 32.1. The van der Waals surface area contributed by atoms with E-state index in [1.807, 2.05) is 6.92 Å². The number of hydrogen-bond acceptors (Lipinski definition) is 2. The van der Waals surface area contributed by atoms with Crippen LogP contribution < -0.4 is 0 Å². The molecule has 86 valence electrons. The van der Waals surface area contributed by atoms with Gasteiger partial charge < -0.3 is 4.57 Å². The lowest BCUT2D eigenvalue weighted by atomic mass is 10.2. The molecule has 0 saturated carbocycles. The highest BCUT2D eigenvalue weighted by molar-refractivity contribution is 7.09. The van der Waals surface area contributed by atoms with Crippen molar-refractivity contribution in [2.24, 2.45) is 0 Å². The summed E-state index contributed by atoms with van der Waals surface area (Å²) >= 11 is 1.71. The molecule has 0 aliphatic carbocycles. The van der Waals surface area contributed by atoms with Gasteiger partial charge in [0.05, 0.1) is 17.2 Å². The first-order valence-corrected chi connectivity index (χ1v) is 6.57. The van der Waals surface area contributed by atoms with Crippen molar-refractivity contribution in [2.75, 3.05) is 0 Å². The number of hydrogen-bond donors (Lipinski definition) is 0. The normalized spacial score (nSPS) is 11.2. The van der Waals surface area contributed by atoms with Gasteiger partial charge >= 0.3 is 0 Å². The van der Waals surface area contributed by atoms with Gasteiger partial charge in [0, 0.05) is 17.1 Å². The van der Waals surface area contributed by atoms with Gasteiger partial charge in [-0.2, -0.15) is 0 Å². The Morgan fingerprint density at radius 2 is 2.12 bits per heavy atom. The predicted octanol–water partition coefficient (Wildman–Crippen LogP) is 3.76. The molecule has 3 aromatic rings. The van der Waals surface area contributed by atoms with E-state index in [1.54, 1.807) is 11.3 Å². The second-order valence-corrected chi connectivity index (χ2v) is 5.43. The molecule has 3 rings (SSSR count). The van der Waals surface area contributed by atoms with Crippen molar-refractivity contribution < 1.29 is 0 Å². The quantitative estimate of drug-likeness (QED) is 0.669. The minimum atomic E-state index is 0.858. The average Bonchev–Trinajstić information content (AvgIpc) is 2.86. The SMILES string of the molecule is Cc1ccc2c(ccn2Cc2csc(C)n2)c1. The molecular formula is C14H14N2S. The first-order chi connectivity index (χ1) is 8.22. The summed E-state index contributed by atoms with van der Waals surface area (Å²) in [5, 5.41) is 4.57. The molecule has 0 unspecified atom stereocenters. The van der Waals surface area contributed by atoms with Crippen molar-refractivity contribution in [3.63, 3.8) is 0 Å². The van der Waals surface area contributed by atoms with Crippen molar-refractivity contribution in [3.8, 4) is 0 Å². The number of aromatic nitrogens is 2. The van der Waals surface area contributed by atoms with Crippen molar-refractivity contribution in [3.05, 3.63) is 52.1 Å². The monoisotopic (exact) mass is 242 g/mol. The van der Waals surface area contributed by atoms with E-state index >= 15 is 0 Å². The van der Waals surface area contributed by atoms with Crippen molar-refractivity contribution in [1.82, 2.24) is 9.55 Å². The summed E-state index contributed by atoms with van der Waals surface area (Å²) < 4.78 is 2.25. The van der Waals surface area contributed by atoms with Gasteiger partial charge in [-0.25, -0.2) is 4.98 Å². The standard InChI is InChI=1S/C14H14N2S/c1-10-3-4-14-12(7-10)5-6-16(14)8-13-9-17-11(2)15-13/h3-7,9H,8H2,1-2H3. The van der Waals surface area contributed by atoms with Gasteiger partial charge in [-0.15, -0.1) is 11.3 Å². The Kier molecular flexibility index (Phi) is 2.48. The van der Waals surface area contributed by atoms with Crippen LogP contribution >= 0.6 is 11.3 Å². The number of fused-ring (bicyclic) bond motifs is 1. The third-order valence-corrected chi connectivity index (χ3v) is 3.75. The van der Waals surface area contributed by atoms with E-state index in [9.17, 15) is 0 Å². The molecule has 0 aliphatic rings. The zero-order chi connectivity index (χ0) is 11.8. The topological polar surface area (TPSA) is 17.8 Å². The van der Waals surface area contributed by atoms with Gasteiger partial charge in [0.25, 0.3) is 0 Å². The molecule has 0 N–H and O–H groups in total. The average molecular weight is 242 g/mol. The third-order valence-electron chi connectivity index (χ3n) is 2.93. The van der Waals surface area contributed by atoms with Crippen molar-refractivity contribution in [1.29, 1.82) is 0 Å². The van der Waals surface area contributed by atoms with Crippen LogP contribution in [0, 0.1) is 13.8 Å². The van der Waals surface area contributed by atoms with Gasteiger partial charge in [0.2, 0.25) is 0 Å². The molecule has 2 heterocycles. The molecule has 3 heteroatoms. The summed E-state index contributed by atoms with van der Waals surface area (Å²) in [6, 6.07) is 8.73. The highest BCUT2D eigenvalue weighted by Crippen LogP contribution is 2.19. The summed E-state index contributed by atoms with van der Waals surface area (Å²) in [6.07, 6.45) is 2.14. The minimum absolute atomic E-state index is 0.858. The van der Waals surface area contributed by atoms with Crippen molar-refractivity contribution >= 4 is 22.2 Å². The molecular weight excluding hydrogens is 228 g/mol. The number of aryl methyl sites for hydroxylation is 2. The lowest BCUT2D eigenvalue weighted by molar-refractivity contribution is 0.811. The Balaban J connectivity index is 2.00. The fourth-order valence-corrected chi connectivity index (χ4v) is 2.72. The van der Waals surface area contributed by atoms with Gasteiger partial charge in [-0.1, -0.05) is 11.6 Å². The molecule has 0 radical (unpaired) electrons. The zero-order valence-corrected chi connectivity index (χ0v) is 10.8. The van der Waals surface area contributed by atoms with E-state index in [4.69, 9.17) is 0 Å². The molecule has 0 amide bonds. The smallest absolute Gasteiger partial charge is 0.0898 e. The molecule has 2 aromatic heterocycles. The molecule has 0 spiro atoms. The number of rotatable bonds is 2. The Morgan fingerprint density at radius 3 is 2.88 bits per heavy atom. The Bertz CT molecular complexity index is 664. The van der Waals surface area contributed by atoms with Crippen LogP contribution in [0.25, 0.3) is 10.9 Å². The van der Waals surface area contributed by atoms with Crippen molar-refractivity contribution in [2.45, 2.75) is 20.4 Å². The van der Waals surface area contributed by atoms with Gasteiger partial charge in [-0.3, -0.25) is 0 Å². The first-order valence-electron chi connectivity index (χ1n) is 5.69.